The third kappa shape index (κ3) is 2.42. The highest BCUT2D eigenvalue weighted by molar-refractivity contribution is 5.84. The Hall–Kier alpha value is -1.14. The summed E-state index contributed by atoms with van der Waals surface area (Å²) in [7, 11) is 0. The lowest BCUT2D eigenvalue weighted by molar-refractivity contribution is -0.147. The van der Waals surface area contributed by atoms with Gasteiger partial charge in [-0.25, -0.2) is 0 Å². The van der Waals surface area contributed by atoms with Gasteiger partial charge in [0.1, 0.15) is 6.04 Å². The summed E-state index contributed by atoms with van der Waals surface area (Å²) in [4.78, 5) is 24.8. The normalized spacial score (nSPS) is 33.7. The predicted molar refractivity (Wildman–Crippen MR) is 59.5 cm³/mol. The number of nitrogens with zero attached hydrogens (tertiary/aromatic N) is 1. The van der Waals surface area contributed by atoms with Crippen LogP contribution in [0.2, 0.25) is 0 Å². The van der Waals surface area contributed by atoms with Gasteiger partial charge in [0.25, 0.3) is 0 Å². The number of carboxylic acid groups (broad SMARTS) is 1. The zero-order valence-electron chi connectivity index (χ0n) is 9.94. The van der Waals surface area contributed by atoms with Crippen LogP contribution in [-0.2, 0) is 14.3 Å². The Bertz CT molecular complexity index is 327. The fourth-order valence-corrected chi connectivity index (χ4v) is 2.27. The van der Waals surface area contributed by atoms with Gasteiger partial charge in [-0.15, -0.1) is 0 Å². The van der Waals surface area contributed by atoms with Crippen molar-refractivity contribution >= 4 is 11.9 Å². The van der Waals surface area contributed by atoms with E-state index >= 15 is 0 Å². The molecule has 0 aromatic carbocycles. The SMILES string of the molecule is CC1(C(=O)O)CCN(C(=O)C2COCCN2)C1. The molecule has 1 amide bonds. The number of carboxylic acids is 1. The molecule has 2 aliphatic rings. The maximum Gasteiger partial charge on any atom is 0.311 e. The molecule has 17 heavy (non-hydrogen) atoms. The van der Waals surface area contributed by atoms with Gasteiger partial charge in [0.05, 0.1) is 18.6 Å². The van der Waals surface area contributed by atoms with Crippen LogP contribution in [0, 0.1) is 5.41 Å². The highest BCUT2D eigenvalue weighted by Gasteiger charge is 2.43. The van der Waals surface area contributed by atoms with Crippen molar-refractivity contribution in [1.29, 1.82) is 0 Å². The Labute approximate surface area is 99.9 Å². The van der Waals surface area contributed by atoms with E-state index in [4.69, 9.17) is 9.84 Å². The third-order valence-corrected chi connectivity index (χ3v) is 3.52. The first-order chi connectivity index (χ1) is 8.03. The summed E-state index contributed by atoms with van der Waals surface area (Å²) >= 11 is 0. The molecular weight excluding hydrogens is 224 g/mol. The van der Waals surface area contributed by atoms with Crippen LogP contribution in [0.4, 0.5) is 0 Å². The number of likely N-dealkylation sites (tertiary alicyclic amines) is 1. The second-order valence-electron chi connectivity index (χ2n) is 4.96. The van der Waals surface area contributed by atoms with Crippen LogP contribution >= 0.6 is 0 Å². The van der Waals surface area contributed by atoms with Crippen molar-refractivity contribution < 1.29 is 19.4 Å². The zero-order chi connectivity index (χ0) is 12.5. The molecule has 6 heteroatoms. The Kier molecular flexibility index (Phi) is 3.35. The van der Waals surface area contributed by atoms with Crippen molar-refractivity contribution in [3.8, 4) is 0 Å². The number of aliphatic carboxylic acids is 1. The van der Waals surface area contributed by atoms with Crippen LogP contribution in [0.5, 0.6) is 0 Å². The molecule has 2 N–H and O–H groups in total. The molecule has 2 heterocycles. The number of carbonyl (C=O) groups is 2. The van der Waals surface area contributed by atoms with Crippen molar-refractivity contribution in [3.63, 3.8) is 0 Å². The van der Waals surface area contributed by atoms with E-state index in [1.165, 1.54) is 0 Å². The first-order valence-corrected chi connectivity index (χ1v) is 5.86. The van der Waals surface area contributed by atoms with E-state index in [0.29, 0.717) is 39.3 Å². The molecule has 0 saturated carbocycles. The molecule has 0 aromatic heterocycles. The van der Waals surface area contributed by atoms with Crippen LogP contribution in [0.3, 0.4) is 0 Å². The Morgan fingerprint density at radius 1 is 1.53 bits per heavy atom. The van der Waals surface area contributed by atoms with Gasteiger partial charge < -0.3 is 20.1 Å². The summed E-state index contributed by atoms with van der Waals surface area (Å²) in [5.41, 5.74) is -0.800. The largest absolute Gasteiger partial charge is 0.481 e. The van der Waals surface area contributed by atoms with Gasteiger partial charge in [0, 0.05) is 19.6 Å². The summed E-state index contributed by atoms with van der Waals surface area (Å²) in [6.07, 6.45) is 0.516. The van der Waals surface area contributed by atoms with Crippen molar-refractivity contribution in [2.75, 3.05) is 32.8 Å². The van der Waals surface area contributed by atoms with Crippen LogP contribution < -0.4 is 5.32 Å². The lowest BCUT2D eigenvalue weighted by Crippen LogP contribution is -2.52. The Morgan fingerprint density at radius 2 is 2.29 bits per heavy atom. The molecule has 2 rings (SSSR count). The molecule has 0 radical (unpaired) electrons. The molecule has 2 atom stereocenters. The fraction of sp³-hybridized carbons (Fsp3) is 0.818. The second kappa shape index (κ2) is 4.62. The van der Waals surface area contributed by atoms with E-state index in [2.05, 4.69) is 5.32 Å². The van der Waals surface area contributed by atoms with Gasteiger partial charge in [-0.2, -0.15) is 0 Å². The monoisotopic (exact) mass is 242 g/mol. The smallest absolute Gasteiger partial charge is 0.311 e. The minimum Gasteiger partial charge on any atom is -0.481 e. The maximum atomic E-state index is 12.1. The standard InChI is InChI=1S/C11H18N2O4/c1-11(10(15)16)2-4-13(7-11)9(14)8-6-17-5-3-12-8/h8,12H,2-7H2,1H3,(H,15,16). The van der Waals surface area contributed by atoms with Crippen LogP contribution in [0.1, 0.15) is 13.3 Å². The first kappa shape index (κ1) is 12.3. The molecule has 0 spiro atoms. The molecule has 96 valence electrons. The van der Waals surface area contributed by atoms with E-state index < -0.39 is 11.4 Å². The highest BCUT2D eigenvalue weighted by atomic mass is 16.5. The Morgan fingerprint density at radius 3 is 2.82 bits per heavy atom. The van der Waals surface area contributed by atoms with E-state index in [9.17, 15) is 9.59 Å². The number of nitrogens with one attached hydrogen (secondary N) is 1. The van der Waals surface area contributed by atoms with Gasteiger partial charge in [-0.3, -0.25) is 9.59 Å². The number of hydrogen-bond acceptors (Lipinski definition) is 4. The topological polar surface area (TPSA) is 78.9 Å². The fourth-order valence-electron chi connectivity index (χ4n) is 2.27. The number of ether oxygens (including phenoxy) is 1. The summed E-state index contributed by atoms with van der Waals surface area (Å²) < 4.78 is 5.24. The van der Waals surface area contributed by atoms with Crippen molar-refractivity contribution in [2.45, 2.75) is 19.4 Å². The number of carbonyl (C=O) groups excluding carboxylic acids is 1. The van der Waals surface area contributed by atoms with Crippen LogP contribution in [-0.4, -0.2) is 60.8 Å². The van der Waals surface area contributed by atoms with E-state index in [0.717, 1.165) is 0 Å². The number of hydrogen-bond donors (Lipinski definition) is 2. The molecule has 2 fully saturated rings. The molecule has 6 nitrogen and oxygen atoms in total. The molecule has 2 unspecified atom stereocenters. The molecule has 2 aliphatic heterocycles. The van der Waals surface area contributed by atoms with Crippen molar-refractivity contribution in [1.82, 2.24) is 10.2 Å². The predicted octanol–water partition coefficient (Wildman–Crippen LogP) is -0.702. The third-order valence-electron chi connectivity index (χ3n) is 3.52. The Balaban J connectivity index is 1.95. The van der Waals surface area contributed by atoms with Gasteiger partial charge in [-0.1, -0.05) is 0 Å². The number of rotatable bonds is 2. The molecule has 0 aromatic rings. The lowest BCUT2D eigenvalue weighted by Gasteiger charge is -2.28. The first-order valence-electron chi connectivity index (χ1n) is 5.86. The zero-order valence-corrected chi connectivity index (χ0v) is 9.94. The van der Waals surface area contributed by atoms with Gasteiger partial charge in [0.15, 0.2) is 0 Å². The van der Waals surface area contributed by atoms with Crippen molar-refractivity contribution in [3.05, 3.63) is 0 Å². The van der Waals surface area contributed by atoms with Crippen LogP contribution in [0.15, 0.2) is 0 Å². The van der Waals surface area contributed by atoms with Crippen molar-refractivity contribution in [2.24, 2.45) is 5.41 Å². The number of morpholine rings is 1. The summed E-state index contributed by atoms with van der Waals surface area (Å²) in [5, 5.41) is 12.2. The molecular formula is C11H18N2O4. The minimum atomic E-state index is -0.833. The second-order valence-corrected chi connectivity index (χ2v) is 4.96. The average molecular weight is 242 g/mol. The average Bonchev–Trinajstić information content (AvgIpc) is 2.74. The summed E-state index contributed by atoms with van der Waals surface area (Å²) in [5.74, 6) is -0.879. The van der Waals surface area contributed by atoms with E-state index in [1.54, 1.807) is 11.8 Å². The molecule has 0 bridgehead atoms. The van der Waals surface area contributed by atoms with Crippen LogP contribution in [0.25, 0.3) is 0 Å². The summed E-state index contributed by atoms with van der Waals surface area (Å²) in [6, 6.07) is -0.320. The summed E-state index contributed by atoms with van der Waals surface area (Å²) in [6.45, 7) is 4.16. The molecule has 0 aliphatic carbocycles. The molecule has 2 saturated heterocycles. The highest BCUT2D eigenvalue weighted by Crippen LogP contribution is 2.30. The quantitative estimate of drug-likeness (QED) is 0.669. The van der Waals surface area contributed by atoms with Gasteiger partial charge in [0.2, 0.25) is 5.91 Å². The van der Waals surface area contributed by atoms with E-state index in [1.807, 2.05) is 0 Å². The lowest BCUT2D eigenvalue weighted by atomic mass is 9.90. The minimum absolute atomic E-state index is 0.0466. The van der Waals surface area contributed by atoms with E-state index in [-0.39, 0.29) is 11.9 Å². The maximum absolute atomic E-state index is 12.1. The van der Waals surface area contributed by atoms with Gasteiger partial charge >= 0.3 is 5.97 Å². The number of amides is 1. The van der Waals surface area contributed by atoms with Gasteiger partial charge in [-0.05, 0) is 13.3 Å².